The van der Waals surface area contributed by atoms with Crippen molar-refractivity contribution in [2.45, 2.75) is 27.3 Å². The lowest BCUT2D eigenvalue weighted by Crippen LogP contribution is -2.21. The first kappa shape index (κ1) is 15.7. The number of nitrogens with zero attached hydrogens (tertiary/aromatic N) is 1. The van der Waals surface area contributed by atoms with Crippen LogP contribution in [0.25, 0.3) is 0 Å². The molecule has 0 saturated carbocycles. The van der Waals surface area contributed by atoms with Crippen molar-refractivity contribution < 1.29 is 0 Å². The van der Waals surface area contributed by atoms with Gasteiger partial charge >= 0.3 is 0 Å². The largest absolute Gasteiger partial charge is 0.381 e. The number of nitrogens with one attached hydrogen (secondary N) is 1. The lowest BCUT2D eigenvalue weighted by atomic mass is 10.1. The van der Waals surface area contributed by atoms with Gasteiger partial charge in [0.05, 0.1) is 0 Å². The molecular formula is C18H23ClN2. The fraction of sp³-hybridized carbons (Fsp3) is 0.333. The fourth-order valence-electron chi connectivity index (χ4n) is 2.37. The van der Waals surface area contributed by atoms with Gasteiger partial charge in [0.2, 0.25) is 0 Å². The fourth-order valence-corrected chi connectivity index (χ4v) is 2.67. The van der Waals surface area contributed by atoms with Gasteiger partial charge in [-0.05, 0) is 62.2 Å². The van der Waals surface area contributed by atoms with E-state index in [1.54, 1.807) is 0 Å². The number of halogens is 1. The third kappa shape index (κ3) is 4.15. The highest BCUT2D eigenvalue weighted by atomic mass is 35.5. The van der Waals surface area contributed by atoms with E-state index in [0.717, 1.165) is 35.9 Å². The van der Waals surface area contributed by atoms with Crippen molar-refractivity contribution in [3.63, 3.8) is 0 Å². The minimum atomic E-state index is 0.740. The SMILES string of the molecule is CCN(CC)c1ccc(NCc2ccc(C)cc2Cl)cc1. The van der Waals surface area contributed by atoms with Crippen molar-refractivity contribution in [1.29, 1.82) is 0 Å². The van der Waals surface area contributed by atoms with Crippen LogP contribution in [0.1, 0.15) is 25.0 Å². The lowest BCUT2D eigenvalue weighted by molar-refractivity contribution is 0.866. The Morgan fingerprint density at radius 2 is 1.67 bits per heavy atom. The van der Waals surface area contributed by atoms with Gasteiger partial charge in [0.15, 0.2) is 0 Å². The smallest absolute Gasteiger partial charge is 0.0458 e. The second-order valence-electron chi connectivity index (χ2n) is 5.17. The molecule has 0 atom stereocenters. The van der Waals surface area contributed by atoms with E-state index in [1.807, 2.05) is 6.07 Å². The van der Waals surface area contributed by atoms with Gasteiger partial charge in [-0.15, -0.1) is 0 Å². The van der Waals surface area contributed by atoms with E-state index < -0.39 is 0 Å². The Morgan fingerprint density at radius 1 is 1.00 bits per heavy atom. The molecule has 0 bridgehead atoms. The average Bonchev–Trinajstić information content (AvgIpc) is 2.49. The highest BCUT2D eigenvalue weighted by Gasteiger charge is 2.03. The zero-order chi connectivity index (χ0) is 15.2. The van der Waals surface area contributed by atoms with E-state index >= 15 is 0 Å². The molecular weight excluding hydrogens is 280 g/mol. The van der Waals surface area contributed by atoms with E-state index in [9.17, 15) is 0 Å². The zero-order valence-electron chi connectivity index (χ0n) is 13.0. The van der Waals surface area contributed by atoms with E-state index in [0.29, 0.717) is 0 Å². The normalized spacial score (nSPS) is 10.5. The number of aryl methyl sites for hydroxylation is 1. The molecule has 0 unspecified atom stereocenters. The third-order valence-electron chi connectivity index (χ3n) is 3.69. The monoisotopic (exact) mass is 302 g/mol. The summed E-state index contributed by atoms with van der Waals surface area (Å²) in [5.41, 5.74) is 4.68. The predicted octanol–water partition coefficient (Wildman–Crippen LogP) is 5.11. The van der Waals surface area contributed by atoms with Crippen LogP contribution in [0.3, 0.4) is 0 Å². The molecule has 112 valence electrons. The molecule has 0 aliphatic rings. The van der Waals surface area contributed by atoms with E-state index in [2.05, 4.69) is 67.4 Å². The highest BCUT2D eigenvalue weighted by Crippen LogP contribution is 2.21. The summed E-state index contributed by atoms with van der Waals surface area (Å²) in [6, 6.07) is 14.7. The summed E-state index contributed by atoms with van der Waals surface area (Å²) in [7, 11) is 0. The molecule has 0 saturated heterocycles. The van der Waals surface area contributed by atoms with E-state index in [1.165, 1.54) is 11.3 Å². The molecule has 0 heterocycles. The van der Waals surface area contributed by atoms with Crippen LogP contribution in [0.2, 0.25) is 5.02 Å². The number of anilines is 2. The molecule has 2 aromatic rings. The molecule has 2 nitrogen and oxygen atoms in total. The van der Waals surface area contributed by atoms with Gasteiger partial charge in [0.25, 0.3) is 0 Å². The van der Waals surface area contributed by atoms with Gasteiger partial charge < -0.3 is 10.2 Å². The van der Waals surface area contributed by atoms with E-state index in [4.69, 9.17) is 11.6 Å². The average molecular weight is 303 g/mol. The van der Waals surface area contributed by atoms with Crippen LogP contribution in [0.15, 0.2) is 42.5 Å². The summed E-state index contributed by atoms with van der Waals surface area (Å²) >= 11 is 6.25. The molecule has 0 amide bonds. The number of hydrogen-bond acceptors (Lipinski definition) is 2. The molecule has 2 aromatic carbocycles. The van der Waals surface area contributed by atoms with Crippen molar-refractivity contribution >= 4 is 23.0 Å². The second-order valence-corrected chi connectivity index (χ2v) is 5.57. The Morgan fingerprint density at radius 3 is 2.24 bits per heavy atom. The Labute approximate surface area is 132 Å². The lowest BCUT2D eigenvalue weighted by Gasteiger charge is -2.21. The van der Waals surface area contributed by atoms with Crippen molar-refractivity contribution in [2.24, 2.45) is 0 Å². The van der Waals surface area contributed by atoms with Gasteiger partial charge in [-0.25, -0.2) is 0 Å². The molecule has 0 aliphatic carbocycles. The number of rotatable bonds is 6. The molecule has 0 aromatic heterocycles. The van der Waals surface area contributed by atoms with Gasteiger partial charge in [-0.2, -0.15) is 0 Å². The quantitative estimate of drug-likeness (QED) is 0.798. The molecule has 0 radical (unpaired) electrons. The van der Waals surface area contributed by atoms with Gasteiger partial charge in [0, 0.05) is 36.0 Å². The van der Waals surface area contributed by atoms with Gasteiger partial charge in [-0.3, -0.25) is 0 Å². The highest BCUT2D eigenvalue weighted by molar-refractivity contribution is 6.31. The van der Waals surface area contributed by atoms with Crippen LogP contribution < -0.4 is 10.2 Å². The van der Waals surface area contributed by atoms with Crippen molar-refractivity contribution in [2.75, 3.05) is 23.3 Å². The molecule has 1 N–H and O–H groups in total. The Bertz CT molecular complexity index is 574. The predicted molar refractivity (Wildman–Crippen MR) is 93.5 cm³/mol. The van der Waals surface area contributed by atoms with Crippen LogP contribution in [0, 0.1) is 6.92 Å². The first-order valence-electron chi connectivity index (χ1n) is 7.48. The summed E-state index contributed by atoms with van der Waals surface area (Å²) in [6.07, 6.45) is 0. The summed E-state index contributed by atoms with van der Waals surface area (Å²) < 4.78 is 0. The minimum Gasteiger partial charge on any atom is -0.381 e. The molecule has 0 spiro atoms. The second kappa shape index (κ2) is 7.37. The first-order valence-corrected chi connectivity index (χ1v) is 7.85. The standard InChI is InChI=1S/C18H23ClN2/c1-4-21(5-2)17-10-8-16(9-11-17)20-13-15-7-6-14(3)12-18(15)19/h6-12,20H,4-5,13H2,1-3H3. The minimum absolute atomic E-state index is 0.740. The van der Waals surface area contributed by atoms with E-state index in [-0.39, 0.29) is 0 Å². The maximum absolute atomic E-state index is 6.25. The maximum Gasteiger partial charge on any atom is 0.0458 e. The summed E-state index contributed by atoms with van der Waals surface area (Å²) in [4.78, 5) is 2.33. The molecule has 21 heavy (non-hydrogen) atoms. The maximum atomic E-state index is 6.25. The van der Waals surface area contributed by atoms with Crippen molar-refractivity contribution in [1.82, 2.24) is 0 Å². The Kier molecular flexibility index (Phi) is 5.51. The van der Waals surface area contributed by atoms with Crippen LogP contribution in [0.4, 0.5) is 11.4 Å². The Balaban J connectivity index is 2.00. The molecule has 0 fully saturated rings. The van der Waals surface area contributed by atoms with Gasteiger partial charge in [-0.1, -0.05) is 23.7 Å². The third-order valence-corrected chi connectivity index (χ3v) is 4.04. The van der Waals surface area contributed by atoms with Gasteiger partial charge in [0.1, 0.15) is 0 Å². The molecule has 2 rings (SSSR count). The Hall–Kier alpha value is -1.67. The number of hydrogen-bond donors (Lipinski definition) is 1. The first-order chi connectivity index (χ1) is 10.1. The summed E-state index contributed by atoms with van der Waals surface area (Å²) in [5.74, 6) is 0. The molecule has 0 aliphatic heterocycles. The molecule has 3 heteroatoms. The van der Waals surface area contributed by atoms with Crippen molar-refractivity contribution in [3.05, 3.63) is 58.6 Å². The van der Waals surface area contributed by atoms with Crippen LogP contribution >= 0.6 is 11.6 Å². The number of benzene rings is 2. The van der Waals surface area contributed by atoms with Crippen LogP contribution in [-0.2, 0) is 6.54 Å². The van der Waals surface area contributed by atoms with Crippen molar-refractivity contribution in [3.8, 4) is 0 Å². The van der Waals surface area contributed by atoms with Crippen LogP contribution in [0.5, 0.6) is 0 Å². The topological polar surface area (TPSA) is 15.3 Å². The summed E-state index contributed by atoms with van der Waals surface area (Å²) in [6.45, 7) is 9.20. The summed E-state index contributed by atoms with van der Waals surface area (Å²) in [5, 5.41) is 4.24. The zero-order valence-corrected chi connectivity index (χ0v) is 13.7. The van der Waals surface area contributed by atoms with Crippen LogP contribution in [-0.4, -0.2) is 13.1 Å².